The average molecular weight is 288 g/mol. The third-order valence-corrected chi connectivity index (χ3v) is 2.53. The molecule has 1 aromatic rings. The van der Waals surface area contributed by atoms with Crippen molar-refractivity contribution in [1.29, 1.82) is 0 Å². The summed E-state index contributed by atoms with van der Waals surface area (Å²) >= 11 is 3.39. The van der Waals surface area contributed by atoms with Crippen molar-refractivity contribution in [3.63, 3.8) is 0 Å². The van der Waals surface area contributed by atoms with Gasteiger partial charge in [-0.15, -0.1) is 0 Å². The number of rotatable bonds is 6. The van der Waals surface area contributed by atoms with Gasteiger partial charge in [0.25, 0.3) is 0 Å². The van der Waals surface area contributed by atoms with E-state index in [1.807, 2.05) is 0 Å². The number of halogens is 1. The number of hydrogen-bond acceptors (Lipinski definition) is 4. The number of anilines is 2. The van der Waals surface area contributed by atoms with Crippen LogP contribution in [-0.4, -0.2) is 24.7 Å². The van der Waals surface area contributed by atoms with Crippen LogP contribution in [0.5, 0.6) is 0 Å². The largest absolute Gasteiger partial charge is 0.396 e. The number of nitrogens with zero attached hydrogens (tertiary/aromatic N) is 1. The Bertz CT molecular complexity index is 311. The summed E-state index contributed by atoms with van der Waals surface area (Å²) in [6.07, 6.45) is 3.34. The molecule has 0 saturated heterocycles. The van der Waals surface area contributed by atoms with Crippen LogP contribution in [0.4, 0.5) is 11.4 Å². The number of pyridine rings is 1. The normalized spacial score (nSPS) is 10.8. The van der Waals surface area contributed by atoms with E-state index in [2.05, 4.69) is 40.1 Å². The Kier molecular flexibility index (Phi) is 5.55. The second kappa shape index (κ2) is 6.70. The van der Waals surface area contributed by atoms with Gasteiger partial charge in [0.15, 0.2) is 0 Å². The molecule has 0 spiro atoms. The first kappa shape index (κ1) is 13.3. The maximum Gasteiger partial charge on any atom is 0.0750 e. The number of hydrogen-bond donors (Lipinski definition) is 2. The number of nitrogens with one attached hydrogen (secondary N) is 1. The smallest absolute Gasteiger partial charge is 0.0750 e. The molecular weight excluding hydrogens is 270 g/mol. The van der Waals surface area contributed by atoms with Crippen LogP contribution in [0.25, 0.3) is 0 Å². The molecule has 0 aliphatic heterocycles. The highest BCUT2D eigenvalue weighted by Gasteiger charge is 2.03. The van der Waals surface area contributed by atoms with E-state index in [-0.39, 0.29) is 0 Å². The van der Waals surface area contributed by atoms with Gasteiger partial charge < -0.3 is 15.8 Å². The van der Waals surface area contributed by atoms with Gasteiger partial charge in [-0.2, -0.15) is 0 Å². The first-order chi connectivity index (χ1) is 7.61. The fraction of sp³-hybridized carbons (Fsp3) is 0.545. The number of nitrogens with two attached hydrogens (primary N) is 1. The van der Waals surface area contributed by atoms with E-state index in [0.29, 0.717) is 18.2 Å². The molecule has 0 aliphatic rings. The molecule has 0 atom stereocenters. The van der Waals surface area contributed by atoms with Crippen molar-refractivity contribution in [2.24, 2.45) is 5.92 Å². The van der Waals surface area contributed by atoms with Gasteiger partial charge in [0.2, 0.25) is 0 Å². The molecule has 0 amide bonds. The Labute approximate surface area is 105 Å². The van der Waals surface area contributed by atoms with Crippen LogP contribution in [-0.2, 0) is 4.74 Å². The summed E-state index contributed by atoms with van der Waals surface area (Å²) in [5.74, 6) is 0.567. The van der Waals surface area contributed by atoms with Gasteiger partial charge in [0, 0.05) is 19.3 Å². The Hall–Kier alpha value is -0.810. The molecule has 0 unspecified atom stereocenters. The van der Waals surface area contributed by atoms with Gasteiger partial charge in [0.05, 0.1) is 28.7 Å². The zero-order valence-corrected chi connectivity index (χ0v) is 11.3. The zero-order valence-electron chi connectivity index (χ0n) is 9.66. The predicted octanol–water partition coefficient (Wildman–Crippen LogP) is 2.51. The molecule has 0 aliphatic carbocycles. The average Bonchev–Trinajstić information content (AvgIpc) is 2.21. The molecule has 1 heterocycles. The molecule has 0 fully saturated rings. The van der Waals surface area contributed by atoms with Gasteiger partial charge in [-0.25, -0.2) is 0 Å². The first-order valence-corrected chi connectivity index (χ1v) is 6.11. The SMILES string of the molecule is CC(C)COCCNc1c(N)cncc1Br. The van der Waals surface area contributed by atoms with Crippen LogP contribution in [0.3, 0.4) is 0 Å². The third-order valence-electron chi connectivity index (χ3n) is 1.93. The van der Waals surface area contributed by atoms with Crippen molar-refractivity contribution in [2.45, 2.75) is 13.8 Å². The van der Waals surface area contributed by atoms with E-state index in [9.17, 15) is 0 Å². The van der Waals surface area contributed by atoms with Crippen LogP contribution in [0.15, 0.2) is 16.9 Å². The number of nitrogen functional groups attached to an aromatic ring is 1. The minimum Gasteiger partial charge on any atom is -0.396 e. The topological polar surface area (TPSA) is 60.2 Å². The Morgan fingerprint density at radius 3 is 2.88 bits per heavy atom. The minimum absolute atomic E-state index is 0.567. The molecule has 4 nitrogen and oxygen atoms in total. The highest BCUT2D eigenvalue weighted by atomic mass is 79.9. The summed E-state index contributed by atoms with van der Waals surface area (Å²) in [6, 6.07) is 0. The maximum atomic E-state index is 5.79. The molecule has 0 aromatic carbocycles. The standard InChI is InChI=1S/C11H18BrN3O/c1-8(2)7-16-4-3-15-11-9(12)5-14-6-10(11)13/h5-6,8H,3-4,7,13H2,1-2H3,(H,14,15). The lowest BCUT2D eigenvalue weighted by Crippen LogP contribution is -2.13. The summed E-state index contributed by atoms with van der Waals surface area (Å²) in [6.45, 7) is 6.45. The van der Waals surface area contributed by atoms with Gasteiger partial charge in [-0.3, -0.25) is 4.98 Å². The summed E-state index contributed by atoms with van der Waals surface area (Å²) in [7, 11) is 0. The molecule has 5 heteroatoms. The molecule has 0 bridgehead atoms. The number of aromatic nitrogens is 1. The van der Waals surface area contributed by atoms with Crippen molar-refractivity contribution < 1.29 is 4.74 Å². The van der Waals surface area contributed by atoms with Gasteiger partial charge in [0.1, 0.15) is 0 Å². The molecular formula is C11H18BrN3O. The maximum absolute atomic E-state index is 5.79. The van der Waals surface area contributed by atoms with E-state index >= 15 is 0 Å². The van der Waals surface area contributed by atoms with Gasteiger partial charge >= 0.3 is 0 Å². The van der Waals surface area contributed by atoms with Crippen molar-refractivity contribution in [2.75, 3.05) is 30.8 Å². The minimum atomic E-state index is 0.567. The Morgan fingerprint density at radius 2 is 2.25 bits per heavy atom. The van der Waals surface area contributed by atoms with Crippen LogP contribution in [0.1, 0.15) is 13.8 Å². The quantitative estimate of drug-likeness (QED) is 0.790. The van der Waals surface area contributed by atoms with Crippen LogP contribution >= 0.6 is 15.9 Å². The van der Waals surface area contributed by atoms with Gasteiger partial charge in [-0.1, -0.05) is 13.8 Å². The van der Waals surface area contributed by atoms with E-state index in [4.69, 9.17) is 10.5 Å². The van der Waals surface area contributed by atoms with Crippen molar-refractivity contribution in [3.8, 4) is 0 Å². The van der Waals surface area contributed by atoms with Crippen LogP contribution in [0, 0.1) is 5.92 Å². The lowest BCUT2D eigenvalue weighted by Gasteiger charge is -2.11. The summed E-state index contributed by atoms with van der Waals surface area (Å²) in [5.41, 5.74) is 7.30. The Morgan fingerprint density at radius 1 is 1.50 bits per heavy atom. The lowest BCUT2D eigenvalue weighted by atomic mass is 10.2. The summed E-state index contributed by atoms with van der Waals surface area (Å²) in [5, 5.41) is 3.22. The second-order valence-electron chi connectivity index (χ2n) is 3.98. The molecule has 0 radical (unpaired) electrons. The fourth-order valence-corrected chi connectivity index (χ4v) is 1.69. The molecule has 1 aromatic heterocycles. The molecule has 3 N–H and O–H groups in total. The highest BCUT2D eigenvalue weighted by molar-refractivity contribution is 9.10. The zero-order chi connectivity index (χ0) is 12.0. The molecule has 0 saturated carbocycles. The van der Waals surface area contributed by atoms with Crippen molar-refractivity contribution in [1.82, 2.24) is 4.98 Å². The predicted molar refractivity (Wildman–Crippen MR) is 70.5 cm³/mol. The monoisotopic (exact) mass is 287 g/mol. The number of ether oxygens (including phenoxy) is 1. The molecule has 90 valence electrons. The molecule has 16 heavy (non-hydrogen) atoms. The van der Waals surface area contributed by atoms with Crippen molar-refractivity contribution in [3.05, 3.63) is 16.9 Å². The van der Waals surface area contributed by atoms with Crippen LogP contribution in [0.2, 0.25) is 0 Å². The lowest BCUT2D eigenvalue weighted by molar-refractivity contribution is 0.118. The molecule has 1 rings (SSSR count). The van der Waals surface area contributed by atoms with Gasteiger partial charge in [-0.05, 0) is 21.8 Å². The van der Waals surface area contributed by atoms with Crippen LogP contribution < -0.4 is 11.1 Å². The van der Waals surface area contributed by atoms with E-state index in [1.165, 1.54) is 0 Å². The third kappa shape index (κ3) is 4.37. The second-order valence-corrected chi connectivity index (χ2v) is 4.84. The first-order valence-electron chi connectivity index (χ1n) is 5.32. The summed E-state index contributed by atoms with van der Waals surface area (Å²) < 4.78 is 6.33. The van der Waals surface area contributed by atoms with E-state index < -0.39 is 0 Å². The highest BCUT2D eigenvalue weighted by Crippen LogP contribution is 2.26. The van der Waals surface area contributed by atoms with E-state index in [0.717, 1.165) is 23.3 Å². The fourth-order valence-electron chi connectivity index (χ4n) is 1.20. The Balaban J connectivity index is 2.32. The van der Waals surface area contributed by atoms with Crippen molar-refractivity contribution >= 4 is 27.3 Å². The summed E-state index contributed by atoms with van der Waals surface area (Å²) in [4.78, 5) is 3.97. The van der Waals surface area contributed by atoms with E-state index in [1.54, 1.807) is 12.4 Å².